The molecular formula is C24H28FN5O2S. The lowest BCUT2D eigenvalue weighted by Gasteiger charge is -2.15. The summed E-state index contributed by atoms with van der Waals surface area (Å²) in [6.07, 6.45) is 0.580. The second-order valence-electron chi connectivity index (χ2n) is 7.67. The second kappa shape index (κ2) is 11.1. The maximum Gasteiger partial charge on any atom is 0.238 e. The number of aromatic nitrogens is 3. The van der Waals surface area contributed by atoms with Gasteiger partial charge in [-0.05, 0) is 51.0 Å². The van der Waals surface area contributed by atoms with E-state index in [9.17, 15) is 14.0 Å². The van der Waals surface area contributed by atoms with Gasteiger partial charge in [-0.1, -0.05) is 48.5 Å². The number of para-hydroxylation sites is 1. The van der Waals surface area contributed by atoms with Gasteiger partial charge in [0, 0.05) is 12.2 Å². The summed E-state index contributed by atoms with van der Waals surface area (Å²) >= 11 is 1.25. The van der Waals surface area contributed by atoms with Crippen LogP contribution >= 0.6 is 11.8 Å². The van der Waals surface area contributed by atoms with Gasteiger partial charge in [0.05, 0.1) is 17.4 Å². The minimum Gasteiger partial charge on any atom is -0.325 e. The lowest BCUT2D eigenvalue weighted by atomic mass is 10.1. The number of nitrogens with zero attached hydrogens (tertiary/aromatic N) is 3. The van der Waals surface area contributed by atoms with E-state index in [1.165, 1.54) is 23.9 Å². The van der Waals surface area contributed by atoms with Crippen LogP contribution in [0, 0.1) is 19.7 Å². The third-order valence-corrected chi connectivity index (χ3v) is 6.47. The average Bonchev–Trinajstić information content (AvgIpc) is 3.16. The molecular weight excluding hydrogens is 441 g/mol. The molecule has 0 fully saturated rings. The Morgan fingerprint density at radius 3 is 2.48 bits per heavy atom. The first kappa shape index (κ1) is 24.4. The zero-order valence-electron chi connectivity index (χ0n) is 19.2. The highest BCUT2D eigenvalue weighted by atomic mass is 32.2. The fourth-order valence-corrected chi connectivity index (χ4v) is 4.41. The van der Waals surface area contributed by atoms with Crippen molar-refractivity contribution in [3.8, 4) is 0 Å². The van der Waals surface area contributed by atoms with Crippen molar-refractivity contribution in [1.82, 2.24) is 14.8 Å². The van der Waals surface area contributed by atoms with Gasteiger partial charge in [-0.15, -0.1) is 10.2 Å². The molecule has 0 spiro atoms. The monoisotopic (exact) mass is 469 g/mol. The molecule has 2 amide bonds. The number of benzene rings is 2. The molecule has 1 heterocycles. The van der Waals surface area contributed by atoms with E-state index < -0.39 is 11.1 Å². The molecule has 3 rings (SSSR count). The van der Waals surface area contributed by atoms with Crippen LogP contribution in [0.4, 0.5) is 15.8 Å². The molecule has 33 heavy (non-hydrogen) atoms. The molecule has 0 bridgehead atoms. The number of rotatable bonds is 9. The highest BCUT2D eigenvalue weighted by Crippen LogP contribution is 2.26. The largest absolute Gasteiger partial charge is 0.325 e. The molecule has 0 aliphatic carbocycles. The van der Waals surface area contributed by atoms with Gasteiger partial charge in [-0.2, -0.15) is 0 Å². The number of halogens is 1. The van der Waals surface area contributed by atoms with Gasteiger partial charge in [0.15, 0.2) is 5.16 Å². The molecule has 0 saturated heterocycles. The Balaban J connectivity index is 1.69. The van der Waals surface area contributed by atoms with Crippen molar-refractivity contribution in [2.75, 3.05) is 10.6 Å². The molecule has 1 atom stereocenters. The van der Waals surface area contributed by atoms with Crippen molar-refractivity contribution in [2.45, 2.75) is 57.5 Å². The number of anilines is 2. The normalized spacial score (nSPS) is 11.8. The summed E-state index contributed by atoms with van der Waals surface area (Å²) in [6.45, 7) is 8.31. The van der Waals surface area contributed by atoms with Crippen molar-refractivity contribution in [3.05, 3.63) is 65.2 Å². The van der Waals surface area contributed by atoms with E-state index in [0.29, 0.717) is 23.9 Å². The summed E-state index contributed by atoms with van der Waals surface area (Å²) in [6, 6.07) is 11.9. The van der Waals surface area contributed by atoms with Crippen LogP contribution in [0.1, 0.15) is 37.2 Å². The molecule has 7 nitrogen and oxygen atoms in total. The molecule has 2 aromatic carbocycles. The number of hydrogen-bond donors (Lipinski definition) is 2. The first-order chi connectivity index (χ1) is 15.8. The molecule has 9 heteroatoms. The zero-order chi connectivity index (χ0) is 24.0. The summed E-state index contributed by atoms with van der Waals surface area (Å²) in [5.74, 6) is -0.469. The van der Waals surface area contributed by atoms with Crippen LogP contribution in [0.2, 0.25) is 0 Å². The zero-order valence-corrected chi connectivity index (χ0v) is 20.0. The Bertz CT molecular complexity index is 1150. The Morgan fingerprint density at radius 2 is 1.82 bits per heavy atom. The average molecular weight is 470 g/mol. The van der Waals surface area contributed by atoms with Crippen LogP contribution in [0.5, 0.6) is 0 Å². The summed E-state index contributed by atoms with van der Waals surface area (Å²) < 4.78 is 15.7. The van der Waals surface area contributed by atoms with Crippen molar-refractivity contribution in [2.24, 2.45) is 0 Å². The van der Waals surface area contributed by atoms with Crippen LogP contribution in [0.3, 0.4) is 0 Å². The van der Waals surface area contributed by atoms with Crippen molar-refractivity contribution in [3.63, 3.8) is 0 Å². The van der Waals surface area contributed by atoms with Crippen LogP contribution in [-0.4, -0.2) is 31.8 Å². The van der Waals surface area contributed by atoms with Crippen molar-refractivity contribution >= 4 is 35.0 Å². The first-order valence-electron chi connectivity index (χ1n) is 10.8. The fraction of sp³-hybridized carbons (Fsp3) is 0.333. The lowest BCUT2D eigenvalue weighted by molar-refractivity contribution is -0.116. The molecule has 1 aromatic heterocycles. The van der Waals surface area contributed by atoms with E-state index in [0.717, 1.165) is 16.8 Å². The van der Waals surface area contributed by atoms with Gasteiger partial charge in [0.2, 0.25) is 11.8 Å². The third-order valence-electron chi connectivity index (χ3n) is 5.13. The third kappa shape index (κ3) is 6.19. The number of hydrogen-bond acceptors (Lipinski definition) is 5. The summed E-state index contributed by atoms with van der Waals surface area (Å²) in [4.78, 5) is 25.3. The SMILES string of the molecule is CC[C@@H](Sc1nnc(CC(=O)Nc2ccc(C)cc2C)n1CC)C(=O)Nc1ccccc1F. The summed E-state index contributed by atoms with van der Waals surface area (Å²) in [5, 5.41) is 14.0. The van der Waals surface area contributed by atoms with Crippen LogP contribution in [-0.2, 0) is 22.6 Å². The highest BCUT2D eigenvalue weighted by Gasteiger charge is 2.23. The number of carbonyl (C=O) groups excluding carboxylic acids is 2. The highest BCUT2D eigenvalue weighted by molar-refractivity contribution is 8.00. The Labute approximate surface area is 197 Å². The molecule has 174 valence electrons. The predicted octanol–water partition coefficient (Wildman–Crippen LogP) is 4.74. The first-order valence-corrected chi connectivity index (χ1v) is 11.7. The lowest BCUT2D eigenvalue weighted by Crippen LogP contribution is -2.25. The smallest absolute Gasteiger partial charge is 0.238 e. The van der Waals surface area contributed by atoms with Crippen LogP contribution in [0.15, 0.2) is 47.6 Å². The molecule has 0 saturated carbocycles. The van der Waals surface area contributed by atoms with Gasteiger partial charge < -0.3 is 15.2 Å². The number of thioether (sulfide) groups is 1. The number of amides is 2. The number of aryl methyl sites for hydroxylation is 2. The quantitative estimate of drug-likeness (QED) is 0.442. The van der Waals surface area contributed by atoms with E-state index in [4.69, 9.17) is 0 Å². The van der Waals surface area contributed by atoms with Crippen LogP contribution < -0.4 is 10.6 Å². The molecule has 2 N–H and O–H groups in total. The Hall–Kier alpha value is -3.20. The molecule has 0 unspecified atom stereocenters. The van der Waals surface area contributed by atoms with Crippen molar-refractivity contribution < 1.29 is 14.0 Å². The van der Waals surface area contributed by atoms with Gasteiger partial charge >= 0.3 is 0 Å². The van der Waals surface area contributed by atoms with Gasteiger partial charge in [-0.3, -0.25) is 9.59 Å². The molecule has 3 aromatic rings. The second-order valence-corrected chi connectivity index (χ2v) is 8.84. The van der Waals surface area contributed by atoms with Gasteiger partial charge in [0.25, 0.3) is 0 Å². The van der Waals surface area contributed by atoms with E-state index >= 15 is 0 Å². The maximum absolute atomic E-state index is 13.9. The van der Waals surface area contributed by atoms with E-state index in [1.807, 2.05) is 50.5 Å². The topological polar surface area (TPSA) is 88.9 Å². The number of nitrogens with one attached hydrogen (secondary N) is 2. The van der Waals surface area contributed by atoms with E-state index in [1.54, 1.807) is 12.1 Å². The van der Waals surface area contributed by atoms with E-state index in [-0.39, 0.29) is 23.9 Å². The summed E-state index contributed by atoms with van der Waals surface area (Å²) in [7, 11) is 0. The molecule has 0 aliphatic heterocycles. The minimum absolute atomic E-state index is 0.0624. The maximum atomic E-state index is 13.9. The number of carbonyl (C=O) groups is 2. The molecule has 0 aliphatic rings. The fourth-order valence-electron chi connectivity index (χ4n) is 3.37. The van der Waals surface area contributed by atoms with Crippen molar-refractivity contribution in [1.29, 1.82) is 0 Å². The van der Waals surface area contributed by atoms with E-state index in [2.05, 4.69) is 20.8 Å². The van der Waals surface area contributed by atoms with Gasteiger partial charge in [0.1, 0.15) is 11.6 Å². The summed E-state index contributed by atoms with van der Waals surface area (Å²) in [5.41, 5.74) is 3.02. The van der Waals surface area contributed by atoms with Gasteiger partial charge in [-0.25, -0.2) is 4.39 Å². The Morgan fingerprint density at radius 1 is 1.06 bits per heavy atom. The standard InChI is InChI=1S/C24H28FN5O2S/c1-5-20(23(32)27-19-10-8-7-9-17(19)25)33-24-29-28-21(30(24)6-2)14-22(31)26-18-12-11-15(3)13-16(18)4/h7-13,20H,5-6,14H2,1-4H3,(H,26,31)(H,27,32)/t20-/m1/s1. The van der Waals surface area contributed by atoms with Crippen LogP contribution in [0.25, 0.3) is 0 Å². The Kier molecular flexibility index (Phi) is 8.21. The molecule has 0 radical (unpaired) electrons. The minimum atomic E-state index is -0.490. The predicted molar refractivity (Wildman–Crippen MR) is 129 cm³/mol.